The Morgan fingerprint density at radius 1 is 0.762 bits per heavy atom. The van der Waals surface area contributed by atoms with E-state index in [1.165, 1.54) is 26.0 Å². The molecular weight excluding hydrogens is 542 g/mol. The lowest BCUT2D eigenvalue weighted by Gasteiger charge is -2.31. The molecule has 0 aliphatic heterocycles. The van der Waals surface area contributed by atoms with Crippen molar-refractivity contribution in [2.24, 2.45) is 23.3 Å². The Balaban J connectivity index is 2.31. The maximum Gasteiger partial charge on any atom is 0.326 e. The van der Waals surface area contributed by atoms with E-state index in [-0.39, 0.29) is 30.9 Å². The average molecular weight is 584 g/mol. The van der Waals surface area contributed by atoms with E-state index < -0.39 is 59.8 Å². The maximum absolute atomic E-state index is 13.4. The number of nitrogens with two attached hydrogens (primary N) is 2. The lowest BCUT2D eigenvalue weighted by atomic mass is 10.0. The first kappa shape index (κ1) is 33.9. The summed E-state index contributed by atoms with van der Waals surface area (Å²) < 4.78 is 0. The van der Waals surface area contributed by atoms with Gasteiger partial charge in [-0.1, -0.05) is 70.2 Å². The number of phenols is 1. The predicted octanol–water partition coefficient (Wildman–Crippen LogP) is 0.901. The summed E-state index contributed by atoms with van der Waals surface area (Å²) in [4.78, 5) is 65.5. The van der Waals surface area contributed by atoms with Crippen molar-refractivity contribution in [2.75, 3.05) is 0 Å². The van der Waals surface area contributed by atoms with Gasteiger partial charge in [0.2, 0.25) is 17.7 Å². The molecule has 0 aliphatic rings. The molecule has 0 saturated carbocycles. The van der Waals surface area contributed by atoms with Crippen LogP contribution in [-0.2, 0) is 36.8 Å². The second kappa shape index (κ2) is 15.6. The molecule has 42 heavy (non-hydrogen) atoms. The van der Waals surface area contributed by atoms with Crippen molar-refractivity contribution >= 4 is 29.6 Å². The maximum atomic E-state index is 13.4. The van der Waals surface area contributed by atoms with Gasteiger partial charge in [0.25, 0.3) is 5.91 Å². The van der Waals surface area contributed by atoms with Crippen molar-refractivity contribution in [3.8, 4) is 5.75 Å². The lowest BCUT2D eigenvalue weighted by molar-refractivity contribution is -0.154. The van der Waals surface area contributed by atoms with Gasteiger partial charge in [-0.15, -0.1) is 0 Å². The van der Waals surface area contributed by atoms with Crippen molar-refractivity contribution in [1.29, 1.82) is 0 Å². The van der Waals surface area contributed by atoms with Crippen molar-refractivity contribution in [2.45, 2.75) is 71.2 Å². The fourth-order valence-electron chi connectivity index (χ4n) is 4.21. The third kappa shape index (κ3) is 9.96. The first-order valence-corrected chi connectivity index (χ1v) is 13.7. The summed E-state index contributed by atoms with van der Waals surface area (Å²) in [5.41, 5.74) is 13.6. The molecule has 12 heteroatoms. The zero-order chi connectivity index (χ0) is 31.6. The number of aromatic hydroxyl groups is 1. The van der Waals surface area contributed by atoms with E-state index in [1.54, 1.807) is 42.5 Å². The highest BCUT2D eigenvalue weighted by atomic mass is 16.4. The second-order valence-electron chi connectivity index (χ2n) is 10.9. The molecule has 0 saturated heterocycles. The van der Waals surface area contributed by atoms with Crippen molar-refractivity contribution in [3.63, 3.8) is 0 Å². The van der Waals surface area contributed by atoms with Crippen LogP contribution in [0.4, 0.5) is 0 Å². The number of carbonyl (C=O) groups is 5. The first-order valence-electron chi connectivity index (χ1n) is 13.7. The lowest BCUT2D eigenvalue weighted by Crippen LogP contribution is -2.63. The molecule has 12 nitrogen and oxygen atoms in total. The van der Waals surface area contributed by atoms with Crippen LogP contribution in [0.25, 0.3) is 0 Å². The zero-order valence-corrected chi connectivity index (χ0v) is 24.3. The molecule has 0 spiro atoms. The summed E-state index contributed by atoms with van der Waals surface area (Å²) in [6.07, 6.45) is -1.67. The van der Waals surface area contributed by atoms with Gasteiger partial charge in [-0.05, 0) is 42.0 Å². The number of aliphatic carboxylic acids is 1. The van der Waals surface area contributed by atoms with Gasteiger partial charge in [-0.3, -0.25) is 24.1 Å². The monoisotopic (exact) mass is 583 g/mol. The minimum absolute atomic E-state index is 0.000787. The standard InChI is InChI=1S/C30H41N5O7/c1-17(2)14-24(30(41)42)34-26(37)23(16-19-8-6-5-7-9-19)33-27(38)25(32)35(28(39)18(3)4)29(40)22(31)15-20-10-12-21(36)13-11-20/h5-13,17-18,22-25,36H,14-16,31-32H2,1-4H3,(H,33,38)(H,34,37)(H,41,42)/t22-,23-,24-,25?/m0/s1. The molecule has 0 radical (unpaired) electrons. The molecule has 0 fully saturated rings. The number of nitrogens with zero attached hydrogens (tertiary/aromatic N) is 1. The van der Waals surface area contributed by atoms with Crippen LogP contribution in [0, 0.1) is 11.8 Å². The molecule has 0 heterocycles. The van der Waals surface area contributed by atoms with Crippen molar-refractivity contribution < 1.29 is 34.2 Å². The van der Waals surface area contributed by atoms with Crippen molar-refractivity contribution in [1.82, 2.24) is 15.5 Å². The molecule has 2 rings (SSSR count). The molecule has 0 aliphatic carbocycles. The minimum Gasteiger partial charge on any atom is -0.508 e. The van der Waals surface area contributed by atoms with Crippen LogP contribution in [0.15, 0.2) is 54.6 Å². The van der Waals surface area contributed by atoms with Gasteiger partial charge in [-0.2, -0.15) is 0 Å². The number of hydrogen-bond acceptors (Lipinski definition) is 8. The topological polar surface area (TPSA) is 205 Å². The van der Waals surface area contributed by atoms with Crippen LogP contribution >= 0.6 is 0 Å². The van der Waals surface area contributed by atoms with E-state index in [1.807, 2.05) is 13.8 Å². The SMILES string of the molecule is CC(C)C[C@H](NC(=O)[C@H](Cc1ccccc1)NC(=O)C(N)N(C(=O)C(C)C)C(=O)[C@@H](N)Cc1ccc(O)cc1)C(=O)O. The summed E-state index contributed by atoms with van der Waals surface area (Å²) in [6, 6.07) is 11.0. The molecule has 2 aromatic carbocycles. The Morgan fingerprint density at radius 3 is 1.83 bits per heavy atom. The van der Waals surface area contributed by atoms with E-state index in [9.17, 15) is 34.2 Å². The molecule has 4 atom stereocenters. The van der Waals surface area contributed by atoms with E-state index >= 15 is 0 Å². The number of nitrogens with one attached hydrogen (secondary N) is 2. The highest BCUT2D eigenvalue weighted by Gasteiger charge is 2.37. The summed E-state index contributed by atoms with van der Waals surface area (Å²) in [5.74, 6) is -5.33. The fourth-order valence-corrected chi connectivity index (χ4v) is 4.21. The van der Waals surface area contributed by atoms with Crippen LogP contribution in [0.5, 0.6) is 5.75 Å². The number of hydrogen-bond donors (Lipinski definition) is 6. The molecular formula is C30H41N5O7. The Hall–Kier alpha value is -4.29. The van der Waals surface area contributed by atoms with Gasteiger partial charge in [0.1, 0.15) is 17.8 Å². The quantitative estimate of drug-likeness (QED) is 0.175. The van der Waals surface area contributed by atoms with Crippen molar-refractivity contribution in [3.05, 3.63) is 65.7 Å². The smallest absolute Gasteiger partial charge is 0.326 e. The number of imide groups is 1. The van der Waals surface area contributed by atoms with E-state index in [0.29, 0.717) is 16.0 Å². The number of benzene rings is 2. The summed E-state index contributed by atoms with van der Waals surface area (Å²) in [6.45, 7) is 6.69. The third-order valence-corrected chi connectivity index (χ3v) is 6.46. The number of carboxylic acids is 1. The molecule has 228 valence electrons. The molecule has 4 amide bonds. The van der Waals surface area contributed by atoms with Gasteiger partial charge in [0, 0.05) is 12.3 Å². The predicted molar refractivity (Wildman–Crippen MR) is 156 cm³/mol. The highest BCUT2D eigenvalue weighted by Crippen LogP contribution is 2.14. The van der Waals surface area contributed by atoms with Gasteiger partial charge in [0.05, 0.1) is 6.04 Å². The van der Waals surface area contributed by atoms with Crippen LogP contribution in [0.1, 0.15) is 45.2 Å². The zero-order valence-electron chi connectivity index (χ0n) is 24.3. The minimum atomic E-state index is -1.82. The number of carbonyl (C=O) groups excluding carboxylic acids is 4. The van der Waals surface area contributed by atoms with Gasteiger partial charge >= 0.3 is 5.97 Å². The Kier molecular flexibility index (Phi) is 12.6. The number of phenolic OH excluding ortho intramolecular Hbond substituents is 1. The summed E-state index contributed by atoms with van der Waals surface area (Å²) >= 11 is 0. The van der Waals surface area contributed by atoms with Crippen LogP contribution in [0.3, 0.4) is 0 Å². The number of carboxylic acid groups (broad SMARTS) is 1. The fraction of sp³-hybridized carbons (Fsp3) is 0.433. The molecule has 8 N–H and O–H groups in total. The Morgan fingerprint density at radius 2 is 1.31 bits per heavy atom. The Labute approximate surface area is 245 Å². The van der Waals surface area contributed by atoms with E-state index in [2.05, 4.69) is 10.6 Å². The third-order valence-electron chi connectivity index (χ3n) is 6.46. The van der Waals surface area contributed by atoms with E-state index in [4.69, 9.17) is 11.5 Å². The molecule has 0 bridgehead atoms. The molecule has 1 unspecified atom stereocenters. The first-order chi connectivity index (χ1) is 19.7. The molecule has 2 aromatic rings. The number of rotatable bonds is 14. The van der Waals surface area contributed by atoms with Crippen LogP contribution in [-0.4, -0.2) is 69.0 Å². The highest BCUT2D eigenvalue weighted by molar-refractivity contribution is 6.03. The normalized spacial score (nSPS) is 14.0. The van der Waals surface area contributed by atoms with Gasteiger partial charge in [0.15, 0.2) is 6.17 Å². The summed E-state index contributed by atoms with van der Waals surface area (Å²) in [7, 11) is 0. The van der Waals surface area contributed by atoms with Gasteiger partial charge < -0.3 is 32.3 Å². The molecule has 0 aromatic heterocycles. The number of amides is 4. The van der Waals surface area contributed by atoms with Crippen LogP contribution < -0.4 is 22.1 Å². The largest absolute Gasteiger partial charge is 0.508 e. The average Bonchev–Trinajstić information content (AvgIpc) is 2.93. The van der Waals surface area contributed by atoms with Crippen LogP contribution in [0.2, 0.25) is 0 Å². The Bertz CT molecular complexity index is 1230. The van der Waals surface area contributed by atoms with E-state index in [0.717, 1.165) is 0 Å². The second-order valence-corrected chi connectivity index (χ2v) is 10.9. The van der Waals surface area contributed by atoms with Gasteiger partial charge in [-0.25, -0.2) is 4.79 Å². The summed E-state index contributed by atoms with van der Waals surface area (Å²) in [5, 5.41) is 24.1.